The molecule has 2 heterocycles. The third-order valence-electron chi connectivity index (χ3n) is 3.88. The van der Waals surface area contributed by atoms with Gasteiger partial charge in [-0.05, 0) is 12.8 Å². The molecule has 0 aromatic carbocycles. The molecule has 22 heavy (non-hydrogen) atoms. The average Bonchev–Trinajstić information content (AvgIpc) is 2.82. The number of H-pyrrole nitrogens is 1. The molecule has 2 aromatic heterocycles. The van der Waals surface area contributed by atoms with Crippen molar-refractivity contribution in [2.24, 2.45) is 14.1 Å². The summed E-state index contributed by atoms with van der Waals surface area (Å²) in [5, 5.41) is 18.0. The van der Waals surface area contributed by atoms with E-state index in [0.29, 0.717) is 24.0 Å². The van der Waals surface area contributed by atoms with E-state index in [1.165, 1.54) is 4.57 Å². The van der Waals surface area contributed by atoms with Crippen LogP contribution in [0.2, 0.25) is 0 Å². The number of aromatic amines is 1. The van der Waals surface area contributed by atoms with Crippen LogP contribution in [0.15, 0.2) is 9.59 Å². The lowest BCUT2D eigenvalue weighted by atomic mass is 10.1. The molecule has 122 valence electrons. The average molecular weight is 310 g/mol. The van der Waals surface area contributed by atoms with Crippen LogP contribution in [0.25, 0.3) is 11.2 Å². The maximum atomic E-state index is 11.9. The number of aromatic nitrogens is 4. The molecule has 0 spiro atoms. The van der Waals surface area contributed by atoms with Crippen molar-refractivity contribution in [1.82, 2.24) is 19.1 Å². The van der Waals surface area contributed by atoms with Gasteiger partial charge in [-0.1, -0.05) is 12.8 Å². The fourth-order valence-corrected chi connectivity index (χ4v) is 2.51. The lowest BCUT2D eigenvalue weighted by Gasteiger charge is -2.06. The summed E-state index contributed by atoms with van der Waals surface area (Å²) in [6.45, 7) is -0.207. The molecule has 2 aromatic rings. The minimum atomic E-state index is -0.649. The standard InChI is InChI=1S/C14H22N4O4/c1-17-10(7-5-3-4-6-9(20)8-19)15-12-11(17)13(21)16-14(22)18(12)2/h9,19-20H,3-8H2,1-2H3,(H,16,21,22). The number of hydrogen-bond acceptors (Lipinski definition) is 5. The Morgan fingerprint density at radius 3 is 2.59 bits per heavy atom. The Kier molecular flexibility index (Phi) is 5.15. The van der Waals surface area contributed by atoms with Gasteiger partial charge in [-0.3, -0.25) is 14.3 Å². The summed E-state index contributed by atoms with van der Waals surface area (Å²) < 4.78 is 3.05. The first-order valence-electron chi connectivity index (χ1n) is 7.39. The Balaban J connectivity index is 2.08. The molecule has 3 N–H and O–H groups in total. The summed E-state index contributed by atoms with van der Waals surface area (Å²) in [5.74, 6) is 0.754. The van der Waals surface area contributed by atoms with Crippen LogP contribution in [0.4, 0.5) is 0 Å². The number of nitrogens with one attached hydrogen (secondary N) is 1. The number of aliphatic hydroxyl groups is 2. The zero-order valence-electron chi connectivity index (χ0n) is 12.9. The first-order valence-corrected chi connectivity index (χ1v) is 7.39. The second kappa shape index (κ2) is 6.89. The Morgan fingerprint density at radius 1 is 1.18 bits per heavy atom. The molecular formula is C14H22N4O4. The van der Waals surface area contributed by atoms with Crippen LogP contribution < -0.4 is 11.2 Å². The van der Waals surface area contributed by atoms with Gasteiger partial charge in [-0.2, -0.15) is 0 Å². The number of nitrogens with zero attached hydrogens (tertiary/aromatic N) is 3. The van der Waals surface area contributed by atoms with Crippen molar-refractivity contribution in [3.63, 3.8) is 0 Å². The summed E-state index contributed by atoms with van der Waals surface area (Å²) in [4.78, 5) is 30.1. The largest absolute Gasteiger partial charge is 0.394 e. The summed E-state index contributed by atoms with van der Waals surface area (Å²) >= 11 is 0. The van der Waals surface area contributed by atoms with Crippen LogP contribution in [-0.4, -0.2) is 42.0 Å². The SMILES string of the molecule is Cn1c(CCCCCC(O)CO)nc2c1c(=O)[nH]c(=O)n2C. The Morgan fingerprint density at radius 2 is 1.91 bits per heavy atom. The molecule has 0 saturated heterocycles. The highest BCUT2D eigenvalue weighted by atomic mass is 16.3. The van der Waals surface area contributed by atoms with Crippen LogP contribution in [0.1, 0.15) is 31.5 Å². The monoisotopic (exact) mass is 310 g/mol. The van der Waals surface area contributed by atoms with E-state index in [1.807, 2.05) is 0 Å². The fourth-order valence-electron chi connectivity index (χ4n) is 2.51. The highest BCUT2D eigenvalue weighted by Crippen LogP contribution is 2.12. The quantitative estimate of drug-likeness (QED) is 0.592. The summed E-state index contributed by atoms with van der Waals surface area (Å²) in [6.07, 6.45) is 3.20. The summed E-state index contributed by atoms with van der Waals surface area (Å²) in [6, 6.07) is 0. The highest BCUT2D eigenvalue weighted by molar-refractivity contribution is 5.70. The van der Waals surface area contributed by atoms with E-state index in [-0.39, 0.29) is 6.61 Å². The Labute approximate surface area is 127 Å². The first-order chi connectivity index (χ1) is 10.5. The maximum absolute atomic E-state index is 11.9. The number of imidazole rings is 1. The molecule has 2 rings (SSSR count). The maximum Gasteiger partial charge on any atom is 0.329 e. The van der Waals surface area contributed by atoms with Gasteiger partial charge in [0.05, 0.1) is 12.7 Å². The van der Waals surface area contributed by atoms with E-state index in [2.05, 4.69) is 9.97 Å². The molecule has 0 bridgehead atoms. The molecule has 8 nitrogen and oxygen atoms in total. The molecular weight excluding hydrogens is 288 g/mol. The van der Waals surface area contributed by atoms with E-state index in [1.54, 1.807) is 18.7 Å². The lowest BCUT2D eigenvalue weighted by molar-refractivity contribution is 0.0860. The van der Waals surface area contributed by atoms with Gasteiger partial charge in [0.1, 0.15) is 5.82 Å². The molecule has 0 fully saturated rings. The number of aliphatic hydroxyl groups excluding tert-OH is 2. The van der Waals surface area contributed by atoms with Gasteiger partial charge in [0, 0.05) is 20.5 Å². The number of hydrogen-bond donors (Lipinski definition) is 3. The second-order valence-electron chi connectivity index (χ2n) is 5.51. The molecule has 0 amide bonds. The molecule has 0 aliphatic carbocycles. The van der Waals surface area contributed by atoms with Crippen molar-refractivity contribution in [3.8, 4) is 0 Å². The zero-order valence-corrected chi connectivity index (χ0v) is 12.9. The number of unbranched alkanes of at least 4 members (excludes halogenated alkanes) is 2. The minimum absolute atomic E-state index is 0.207. The molecule has 1 unspecified atom stereocenters. The van der Waals surface area contributed by atoms with Crippen molar-refractivity contribution >= 4 is 11.2 Å². The van der Waals surface area contributed by atoms with Crippen LogP contribution >= 0.6 is 0 Å². The topological polar surface area (TPSA) is 113 Å². The second-order valence-corrected chi connectivity index (χ2v) is 5.51. The van der Waals surface area contributed by atoms with Gasteiger partial charge < -0.3 is 14.8 Å². The van der Waals surface area contributed by atoms with E-state index >= 15 is 0 Å². The zero-order chi connectivity index (χ0) is 16.3. The molecule has 0 saturated carbocycles. The van der Waals surface area contributed by atoms with Crippen LogP contribution in [0, 0.1) is 0 Å². The van der Waals surface area contributed by atoms with Gasteiger partial charge in [0.15, 0.2) is 11.2 Å². The first kappa shape index (κ1) is 16.4. The highest BCUT2D eigenvalue weighted by Gasteiger charge is 2.14. The molecule has 0 radical (unpaired) electrons. The van der Waals surface area contributed by atoms with E-state index in [4.69, 9.17) is 5.11 Å². The predicted octanol–water partition coefficient (Wildman–Crippen LogP) is -0.584. The van der Waals surface area contributed by atoms with E-state index in [0.717, 1.165) is 25.1 Å². The minimum Gasteiger partial charge on any atom is -0.394 e. The predicted molar refractivity (Wildman–Crippen MR) is 81.8 cm³/mol. The van der Waals surface area contributed by atoms with Crippen LogP contribution in [0.5, 0.6) is 0 Å². The number of aryl methyl sites for hydroxylation is 3. The van der Waals surface area contributed by atoms with Gasteiger partial charge >= 0.3 is 5.69 Å². The van der Waals surface area contributed by atoms with Gasteiger partial charge in [0.25, 0.3) is 5.56 Å². The van der Waals surface area contributed by atoms with Gasteiger partial charge in [0.2, 0.25) is 0 Å². The summed E-state index contributed by atoms with van der Waals surface area (Å²) in [5.41, 5.74) is -0.111. The molecule has 0 aliphatic heterocycles. The smallest absolute Gasteiger partial charge is 0.329 e. The molecule has 0 aliphatic rings. The van der Waals surface area contributed by atoms with Crippen LogP contribution in [-0.2, 0) is 20.5 Å². The van der Waals surface area contributed by atoms with Crippen molar-refractivity contribution in [1.29, 1.82) is 0 Å². The molecule has 1 atom stereocenters. The van der Waals surface area contributed by atoms with Crippen molar-refractivity contribution in [3.05, 3.63) is 26.7 Å². The van der Waals surface area contributed by atoms with Crippen molar-refractivity contribution < 1.29 is 10.2 Å². The van der Waals surface area contributed by atoms with Gasteiger partial charge in [-0.25, -0.2) is 9.78 Å². The van der Waals surface area contributed by atoms with E-state index in [9.17, 15) is 14.7 Å². The van der Waals surface area contributed by atoms with E-state index < -0.39 is 17.4 Å². The normalized spacial score (nSPS) is 12.9. The Hall–Kier alpha value is -1.93. The third-order valence-corrected chi connectivity index (χ3v) is 3.88. The van der Waals surface area contributed by atoms with Gasteiger partial charge in [-0.15, -0.1) is 0 Å². The van der Waals surface area contributed by atoms with Crippen molar-refractivity contribution in [2.45, 2.75) is 38.2 Å². The van der Waals surface area contributed by atoms with Crippen molar-refractivity contribution in [2.75, 3.05) is 6.61 Å². The number of fused-ring (bicyclic) bond motifs is 1. The van der Waals surface area contributed by atoms with Crippen LogP contribution in [0.3, 0.4) is 0 Å². The summed E-state index contributed by atoms with van der Waals surface area (Å²) in [7, 11) is 3.34. The fraction of sp³-hybridized carbons (Fsp3) is 0.643. The third kappa shape index (κ3) is 3.28. The number of rotatable bonds is 7. The lowest BCUT2D eigenvalue weighted by Crippen LogP contribution is -2.29. The Bertz CT molecular complexity index is 759. The molecule has 8 heteroatoms.